The van der Waals surface area contributed by atoms with Gasteiger partial charge in [0, 0.05) is 50.9 Å². The summed E-state index contributed by atoms with van der Waals surface area (Å²) >= 11 is 1.74. The first-order valence-corrected chi connectivity index (χ1v) is 9.58. The minimum atomic E-state index is 0.602. The number of hydrogen-bond donors (Lipinski definition) is 0. The molecule has 0 saturated carbocycles. The summed E-state index contributed by atoms with van der Waals surface area (Å²) in [4.78, 5) is 9.13. The van der Waals surface area contributed by atoms with Crippen LogP contribution in [0.1, 0.15) is 5.56 Å². The predicted octanol–water partition coefficient (Wildman–Crippen LogP) is 1.91. The van der Waals surface area contributed by atoms with Gasteiger partial charge in [0.05, 0.1) is 5.56 Å². The third-order valence-corrected chi connectivity index (χ3v) is 5.42. The molecule has 0 aromatic carbocycles. The fraction of sp³-hybridized carbons (Fsp3) is 0.333. The van der Waals surface area contributed by atoms with Crippen molar-refractivity contribution in [3.8, 4) is 6.07 Å². The van der Waals surface area contributed by atoms with Crippen molar-refractivity contribution in [3.05, 3.63) is 48.3 Å². The van der Waals surface area contributed by atoms with Gasteiger partial charge in [0.2, 0.25) is 0 Å². The lowest BCUT2D eigenvalue weighted by Crippen LogP contribution is -2.47. The van der Waals surface area contributed by atoms with Crippen molar-refractivity contribution in [2.75, 3.05) is 43.4 Å². The highest BCUT2D eigenvalue weighted by molar-refractivity contribution is 7.99. The van der Waals surface area contributed by atoms with Crippen molar-refractivity contribution in [1.29, 1.82) is 5.26 Å². The normalized spacial score (nSPS) is 15.3. The molecule has 0 spiro atoms. The van der Waals surface area contributed by atoms with Gasteiger partial charge in [-0.1, -0.05) is 17.8 Å². The van der Waals surface area contributed by atoms with Crippen LogP contribution in [0.25, 0.3) is 5.65 Å². The van der Waals surface area contributed by atoms with Crippen molar-refractivity contribution < 1.29 is 0 Å². The Kier molecular flexibility index (Phi) is 5.00. The van der Waals surface area contributed by atoms with Crippen molar-refractivity contribution in [1.82, 2.24) is 24.5 Å². The lowest BCUT2D eigenvalue weighted by molar-refractivity contribution is 0.272. The number of hydrogen-bond acceptors (Lipinski definition) is 7. The van der Waals surface area contributed by atoms with E-state index < -0.39 is 0 Å². The Bertz CT molecular complexity index is 907. The first-order chi connectivity index (χ1) is 12.8. The van der Waals surface area contributed by atoms with E-state index in [2.05, 4.69) is 31.1 Å². The van der Waals surface area contributed by atoms with Crippen LogP contribution in [0.2, 0.25) is 0 Å². The molecule has 0 unspecified atom stereocenters. The maximum Gasteiger partial charge on any atom is 0.195 e. The number of fused-ring (bicyclic) bond motifs is 1. The fourth-order valence-corrected chi connectivity index (χ4v) is 3.95. The molecule has 1 fully saturated rings. The molecule has 0 bridgehead atoms. The van der Waals surface area contributed by atoms with Crippen LogP contribution < -0.4 is 4.90 Å². The SMILES string of the molecule is N#Cc1ccc(N2CCN(CCSc3nnc4ccccn34)CC2)nc1. The number of pyridine rings is 2. The zero-order valence-electron chi connectivity index (χ0n) is 14.3. The molecule has 0 atom stereocenters. The number of thioether (sulfide) groups is 1. The van der Waals surface area contributed by atoms with E-state index >= 15 is 0 Å². The molecule has 3 aromatic heterocycles. The van der Waals surface area contributed by atoms with Crippen LogP contribution in [0, 0.1) is 11.3 Å². The average Bonchev–Trinajstić information content (AvgIpc) is 3.12. The monoisotopic (exact) mass is 365 g/mol. The first-order valence-electron chi connectivity index (χ1n) is 8.59. The lowest BCUT2D eigenvalue weighted by atomic mass is 10.2. The molecule has 26 heavy (non-hydrogen) atoms. The Hall–Kier alpha value is -2.63. The van der Waals surface area contributed by atoms with Crippen LogP contribution >= 0.6 is 11.8 Å². The van der Waals surface area contributed by atoms with Gasteiger partial charge in [0.15, 0.2) is 10.8 Å². The number of anilines is 1. The Morgan fingerprint density at radius 1 is 1.08 bits per heavy atom. The molecule has 7 nitrogen and oxygen atoms in total. The molecule has 0 aliphatic carbocycles. The Balaban J connectivity index is 1.25. The van der Waals surface area contributed by atoms with Crippen LogP contribution in [-0.4, -0.2) is 63.0 Å². The summed E-state index contributed by atoms with van der Waals surface area (Å²) in [6.45, 7) is 4.97. The lowest BCUT2D eigenvalue weighted by Gasteiger charge is -2.35. The highest BCUT2D eigenvalue weighted by atomic mass is 32.2. The quantitative estimate of drug-likeness (QED) is 0.640. The summed E-state index contributed by atoms with van der Waals surface area (Å²) in [5, 5.41) is 18.3. The maximum absolute atomic E-state index is 8.86. The topological polar surface area (TPSA) is 73.4 Å². The Labute approximate surface area is 156 Å². The van der Waals surface area contributed by atoms with Crippen LogP contribution in [0.5, 0.6) is 0 Å². The van der Waals surface area contributed by atoms with Gasteiger partial charge < -0.3 is 4.90 Å². The summed E-state index contributed by atoms with van der Waals surface area (Å²) < 4.78 is 2.03. The third kappa shape index (κ3) is 3.64. The highest BCUT2D eigenvalue weighted by Crippen LogP contribution is 2.18. The zero-order chi connectivity index (χ0) is 17.8. The molecule has 0 amide bonds. The van der Waals surface area contributed by atoms with Gasteiger partial charge in [0.1, 0.15) is 11.9 Å². The van der Waals surface area contributed by atoms with Crippen molar-refractivity contribution >= 4 is 23.2 Å². The maximum atomic E-state index is 8.86. The molecule has 3 aromatic rings. The first kappa shape index (κ1) is 16.8. The summed E-state index contributed by atoms with van der Waals surface area (Å²) in [7, 11) is 0. The second-order valence-corrected chi connectivity index (χ2v) is 7.17. The van der Waals surface area contributed by atoms with Gasteiger partial charge in [0.25, 0.3) is 0 Å². The zero-order valence-corrected chi connectivity index (χ0v) is 15.1. The van der Waals surface area contributed by atoms with E-state index in [1.807, 2.05) is 40.9 Å². The van der Waals surface area contributed by atoms with Gasteiger partial charge in [-0.15, -0.1) is 10.2 Å². The second kappa shape index (κ2) is 7.72. The minimum absolute atomic E-state index is 0.602. The van der Waals surface area contributed by atoms with E-state index in [1.165, 1.54) is 0 Å². The van der Waals surface area contributed by atoms with Crippen LogP contribution in [0.3, 0.4) is 0 Å². The van der Waals surface area contributed by atoms with Gasteiger partial charge in [-0.05, 0) is 24.3 Å². The summed E-state index contributed by atoms with van der Waals surface area (Å²) in [6, 6.07) is 11.8. The van der Waals surface area contributed by atoms with E-state index in [9.17, 15) is 0 Å². The number of rotatable bonds is 5. The van der Waals surface area contributed by atoms with Gasteiger partial charge >= 0.3 is 0 Å². The second-order valence-electron chi connectivity index (χ2n) is 6.11. The standard InChI is InChI=1S/C18H19N7S/c19-13-15-4-5-16(20-14-15)24-9-7-23(8-10-24)11-12-26-18-22-21-17-3-1-2-6-25(17)18/h1-6,14H,7-12H2. The third-order valence-electron chi connectivity index (χ3n) is 4.49. The summed E-state index contributed by atoms with van der Waals surface area (Å²) in [5.74, 6) is 1.94. The number of nitrogens with zero attached hydrogens (tertiary/aromatic N) is 7. The molecule has 0 radical (unpaired) electrons. The molecule has 1 saturated heterocycles. The number of nitriles is 1. The molecular weight excluding hydrogens is 346 g/mol. The number of piperazine rings is 1. The largest absolute Gasteiger partial charge is 0.354 e. The van der Waals surface area contributed by atoms with Crippen LogP contribution in [0.4, 0.5) is 5.82 Å². The van der Waals surface area contributed by atoms with Gasteiger partial charge in [-0.25, -0.2) is 4.98 Å². The molecule has 0 N–H and O–H groups in total. The fourth-order valence-electron chi connectivity index (χ4n) is 3.02. The average molecular weight is 365 g/mol. The molecule has 132 valence electrons. The van der Waals surface area contributed by atoms with Crippen molar-refractivity contribution in [2.45, 2.75) is 5.16 Å². The van der Waals surface area contributed by atoms with Crippen molar-refractivity contribution in [2.24, 2.45) is 0 Å². The van der Waals surface area contributed by atoms with Crippen molar-refractivity contribution in [3.63, 3.8) is 0 Å². The molecule has 1 aliphatic rings. The van der Waals surface area contributed by atoms with Crippen LogP contribution in [-0.2, 0) is 0 Å². The van der Waals surface area contributed by atoms with Crippen LogP contribution in [0.15, 0.2) is 47.9 Å². The predicted molar refractivity (Wildman–Crippen MR) is 101 cm³/mol. The minimum Gasteiger partial charge on any atom is -0.354 e. The van der Waals surface area contributed by atoms with E-state index in [1.54, 1.807) is 18.0 Å². The van der Waals surface area contributed by atoms with E-state index in [-0.39, 0.29) is 0 Å². The molecule has 4 heterocycles. The molecule has 1 aliphatic heterocycles. The molecule has 4 rings (SSSR count). The van der Waals surface area contributed by atoms with E-state index in [0.29, 0.717) is 5.56 Å². The highest BCUT2D eigenvalue weighted by Gasteiger charge is 2.18. The summed E-state index contributed by atoms with van der Waals surface area (Å²) in [6.07, 6.45) is 3.64. The molecule has 8 heteroatoms. The van der Waals surface area contributed by atoms with E-state index in [4.69, 9.17) is 5.26 Å². The smallest absolute Gasteiger partial charge is 0.195 e. The summed E-state index contributed by atoms with van der Waals surface area (Å²) in [5.41, 5.74) is 1.49. The Morgan fingerprint density at radius 2 is 1.96 bits per heavy atom. The number of aromatic nitrogens is 4. The van der Waals surface area contributed by atoms with Gasteiger partial charge in [-0.3, -0.25) is 9.30 Å². The molecular formula is C18H19N7S. The van der Waals surface area contributed by atoms with E-state index in [0.717, 1.165) is 55.1 Å². The Morgan fingerprint density at radius 3 is 2.73 bits per heavy atom. The van der Waals surface area contributed by atoms with Gasteiger partial charge in [-0.2, -0.15) is 5.26 Å².